The third kappa shape index (κ3) is 4.80. The van der Waals surface area contributed by atoms with Crippen LogP contribution < -0.4 is 15.5 Å². The number of phenols is 1. The Hall–Kier alpha value is -3.06. The van der Waals surface area contributed by atoms with Gasteiger partial charge in [0.2, 0.25) is 5.91 Å². The van der Waals surface area contributed by atoms with Gasteiger partial charge in [-0.05, 0) is 36.8 Å². The molecule has 0 aromatic heterocycles. The summed E-state index contributed by atoms with van der Waals surface area (Å²) in [6.45, 7) is 5.14. The molecule has 148 valence electrons. The average molecular weight is 382 g/mol. The van der Waals surface area contributed by atoms with Crippen molar-refractivity contribution in [1.29, 1.82) is 0 Å². The van der Waals surface area contributed by atoms with Crippen LogP contribution in [-0.2, 0) is 4.79 Å². The van der Waals surface area contributed by atoms with Gasteiger partial charge in [0.1, 0.15) is 11.8 Å². The molecule has 7 nitrogen and oxygen atoms in total. The molecule has 3 rings (SSSR count). The van der Waals surface area contributed by atoms with E-state index in [1.165, 1.54) is 0 Å². The number of imide groups is 1. The van der Waals surface area contributed by atoms with Crippen LogP contribution in [0, 0.1) is 0 Å². The zero-order chi connectivity index (χ0) is 19.9. The minimum atomic E-state index is -0.522. The summed E-state index contributed by atoms with van der Waals surface area (Å²) in [5.41, 5.74) is 1.91. The Labute approximate surface area is 165 Å². The molecule has 0 bridgehead atoms. The lowest BCUT2D eigenvalue weighted by atomic mass is 10.0. The number of amides is 3. The van der Waals surface area contributed by atoms with Crippen LogP contribution in [0.3, 0.4) is 0 Å². The number of phenolic OH excluding ortho intramolecular Hbond substituents is 1. The van der Waals surface area contributed by atoms with E-state index >= 15 is 0 Å². The highest BCUT2D eigenvalue weighted by molar-refractivity contribution is 5.97. The summed E-state index contributed by atoms with van der Waals surface area (Å²) in [4.78, 5) is 29.0. The minimum Gasteiger partial charge on any atom is -0.508 e. The predicted molar refractivity (Wildman–Crippen MR) is 108 cm³/mol. The monoisotopic (exact) mass is 382 g/mol. The van der Waals surface area contributed by atoms with E-state index in [1.807, 2.05) is 42.5 Å². The lowest BCUT2D eigenvalue weighted by Gasteiger charge is -2.39. The van der Waals surface area contributed by atoms with Crippen molar-refractivity contribution in [1.82, 2.24) is 15.5 Å². The number of piperazine rings is 1. The molecule has 0 unspecified atom stereocenters. The Balaban J connectivity index is 1.71. The summed E-state index contributed by atoms with van der Waals surface area (Å²) in [7, 11) is 0. The van der Waals surface area contributed by atoms with Gasteiger partial charge in [0.25, 0.3) is 0 Å². The highest BCUT2D eigenvalue weighted by atomic mass is 16.3. The Morgan fingerprint density at radius 2 is 1.64 bits per heavy atom. The summed E-state index contributed by atoms with van der Waals surface area (Å²) in [5.74, 6) is -0.0798. The van der Waals surface area contributed by atoms with Gasteiger partial charge in [0.15, 0.2) is 0 Å². The first-order valence-corrected chi connectivity index (χ1v) is 9.50. The van der Waals surface area contributed by atoms with Crippen molar-refractivity contribution in [3.8, 4) is 5.75 Å². The van der Waals surface area contributed by atoms with Crippen LogP contribution in [0.15, 0.2) is 54.6 Å². The number of hydrogen-bond donors (Lipinski definition) is 3. The maximum Gasteiger partial charge on any atom is 0.321 e. The molecule has 0 radical (unpaired) electrons. The van der Waals surface area contributed by atoms with Crippen molar-refractivity contribution < 1.29 is 14.7 Å². The van der Waals surface area contributed by atoms with Gasteiger partial charge in [0.05, 0.1) is 0 Å². The van der Waals surface area contributed by atoms with E-state index in [-0.39, 0.29) is 11.7 Å². The number of hydrogen-bond acceptors (Lipinski definition) is 5. The first-order chi connectivity index (χ1) is 13.6. The fourth-order valence-electron chi connectivity index (χ4n) is 3.45. The SMILES string of the molecule is CCNC(=O)NC(=O)[C@H](c1ccccc1)N1CCN(c2ccc(O)cc2)CC1. The van der Waals surface area contributed by atoms with E-state index in [0.717, 1.165) is 24.3 Å². The maximum atomic E-state index is 12.9. The molecule has 1 aliphatic rings. The van der Waals surface area contributed by atoms with Gasteiger partial charge in [-0.15, -0.1) is 0 Å². The number of urea groups is 1. The summed E-state index contributed by atoms with van der Waals surface area (Å²) < 4.78 is 0. The van der Waals surface area contributed by atoms with Crippen molar-refractivity contribution in [2.45, 2.75) is 13.0 Å². The summed E-state index contributed by atoms with van der Waals surface area (Å²) in [6.07, 6.45) is 0. The van der Waals surface area contributed by atoms with Gasteiger partial charge in [-0.3, -0.25) is 15.0 Å². The van der Waals surface area contributed by atoms with E-state index in [9.17, 15) is 14.7 Å². The zero-order valence-corrected chi connectivity index (χ0v) is 16.0. The molecule has 1 saturated heterocycles. The van der Waals surface area contributed by atoms with Crippen molar-refractivity contribution in [2.75, 3.05) is 37.6 Å². The molecule has 1 atom stereocenters. The smallest absolute Gasteiger partial charge is 0.321 e. The zero-order valence-electron chi connectivity index (χ0n) is 16.0. The quantitative estimate of drug-likeness (QED) is 0.738. The molecular formula is C21H26N4O3. The van der Waals surface area contributed by atoms with Crippen LogP contribution in [-0.4, -0.2) is 54.7 Å². The van der Waals surface area contributed by atoms with Gasteiger partial charge in [-0.1, -0.05) is 30.3 Å². The fourth-order valence-corrected chi connectivity index (χ4v) is 3.45. The van der Waals surface area contributed by atoms with Crippen LogP contribution in [0.2, 0.25) is 0 Å². The predicted octanol–water partition coefficient (Wildman–Crippen LogP) is 2.10. The normalized spacial score (nSPS) is 15.7. The van der Waals surface area contributed by atoms with E-state index in [4.69, 9.17) is 0 Å². The molecule has 0 saturated carbocycles. The van der Waals surface area contributed by atoms with Crippen LogP contribution in [0.25, 0.3) is 0 Å². The molecular weight excluding hydrogens is 356 g/mol. The lowest BCUT2D eigenvalue weighted by molar-refractivity contribution is -0.125. The molecule has 7 heteroatoms. The largest absolute Gasteiger partial charge is 0.508 e. The molecule has 2 aromatic rings. The molecule has 2 aromatic carbocycles. The summed E-state index contributed by atoms with van der Waals surface area (Å²) in [5, 5.41) is 14.5. The van der Waals surface area contributed by atoms with Gasteiger partial charge in [-0.25, -0.2) is 4.79 Å². The summed E-state index contributed by atoms with van der Waals surface area (Å²) >= 11 is 0. The van der Waals surface area contributed by atoms with Gasteiger partial charge < -0.3 is 15.3 Å². The molecule has 3 amide bonds. The van der Waals surface area contributed by atoms with Gasteiger partial charge >= 0.3 is 6.03 Å². The van der Waals surface area contributed by atoms with Crippen LogP contribution in [0.4, 0.5) is 10.5 Å². The number of rotatable bonds is 5. The van der Waals surface area contributed by atoms with Crippen LogP contribution >= 0.6 is 0 Å². The molecule has 3 N–H and O–H groups in total. The minimum absolute atomic E-state index is 0.244. The van der Waals surface area contributed by atoms with Crippen molar-refractivity contribution in [3.05, 3.63) is 60.2 Å². The van der Waals surface area contributed by atoms with Crippen molar-refractivity contribution >= 4 is 17.6 Å². The maximum absolute atomic E-state index is 12.9. The van der Waals surface area contributed by atoms with E-state index in [1.54, 1.807) is 19.1 Å². The van der Waals surface area contributed by atoms with E-state index in [0.29, 0.717) is 19.6 Å². The molecule has 0 spiro atoms. The topological polar surface area (TPSA) is 84.9 Å². The number of carbonyl (C=O) groups excluding carboxylic acids is 2. The number of nitrogens with zero attached hydrogens (tertiary/aromatic N) is 2. The average Bonchev–Trinajstić information content (AvgIpc) is 2.70. The van der Waals surface area contributed by atoms with E-state index in [2.05, 4.69) is 20.4 Å². The lowest BCUT2D eigenvalue weighted by Crippen LogP contribution is -2.52. The Morgan fingerprint density at radius 3 is 2.25 bits per heavy atom. The van der Waals surface area contributed by atoms with Crippen molar-refractivity contribution in [2.24, 2.45) is 0 Å². The second-order valence-electron chi connectivity index (χ2n) is 6.70. The Morgan fingerprint density at radius 1 is 1.00 bits per heavy atom. The second kappa shape index (κ2) is 9.23. The third-order valence-electron chi connectivity index (χ3n) is 4.83. The third-order valence-corrected chi connectivity index (χ3v) is 4.83. The molecule has 0 aliphatic carbocycles. The number of benzene rings is 2. The number of anilines is 1. The molecule has 28 heavy (non-hydrogen) atoms. The standard InChI is InChI=1S/C21H26N4O3/c1-2-22-21(28)23-20(27)19(16-6-4-3-5-7-16)25-14-12-24(13-15-25)17-8-10-18(26)11-9-17/h3-11,19,26H,2,12-15H2,1H3,(H2,22,23,27,28)/t19-/m0/s1. The first-order valence-electron chi connectivity index (χ1n) is 9.50. The Kier molecular flexibility index (Phi) is 6.49. The highest BCUT2D eigenvalue weighted by Crippen LogP contribution is 2.25. The first kappa shape index (κ1) is 19.7. The second-order valence-corrected chi connectivity index (χ2v) is 6.70. The molecule has 1 aliphatic heterocycles. The molecule has 1 fully saturated rings. The fraction of sp³-hybridized carbons (Fsp3) is 0.333. The molecule has 1 heterocycles. The highest BCUT2D eigenvalue weighted by Gasteiger charge is 2.31. The van der Waals surface area contributed by atoms with E-state index < -0.39 is 12.1 Å². The number of aromatic hydroxyl groups is 1. The van der Waals surface area contributed by atoms with Crippen LogP contribution in [0.1, 0.15) is 18.5 Å². The number of carbonyl (C=O) groups is 2. The van der Waals surface area contributed by atoms with Crippen LogP contribution in [0.5, 0.6) is 5.75 Å². The van der Waals surface area contributed by atoms with Crippen molar-refractivity contribution in [3.63, 3.8) is 0 Å². The van der Waals surface area contributed by atoms with Gasteiger partial charge in [0, 0.05) is 38.4 Å². The number of nitrogens with one attached hydrogen (secondary N) is 2. The Bertz CT molecular complexity index is 787. The summed E-state index contributed by atoms with van der Waals surface area (Å²) in [6, 6.07) is 15.7. The van der Waals surface area contributed by atoms with Gasteiger partial charge in [-0.2, -0.15) is 0 Å².